The van der Waals surface area contributed by atoms with Crippen LogP contribution in [0.4, 0.5) is 5.82 Å². The molecule has 19 heavy (non-hydrogen) atoms. The van der Waals surface area contributed by atoms with Gasteiger partial charge in [-0.05, 0) is 12.5 Å². The van der Waals surface area contributed by atoms with Gasteiger partial charge >= 0.3 is 0 Å². The highest BCUT2D eigenvalue weighted by Crippen LogP contribution is 2.16. The van der Waals surface area contributed by atoms with Crippen LogP contribution in [0, 0.1) is 0 Å². The van der Waals surface area contributed by atoms with Crippen molar-refractivity contribution in [1.29, 1.82) is 0 Å². The molecule has 5 nitrogen and oxygen atoms in total. The largest absolute Gasteiger partial charge is 0.369 e. The monoisotopic (exact) mass is 253 g/mol. The summed E-state index contributed by atoms with van der Waals surface area (Å²) in [5.41, 5.74) is 1.03. The maximum absolute atomic E-state index is 4.53. The third kappa shape index (κ3) is 2.27. The molecule has 0 radical (unpaired) electrons. The van der Waals surface area contributed by atoms with Gasteiger partial charge in [-0.15, -0.1) is 0 Å². The molecule has 0 spiro atoms. The molecule has 3 aromatic rings. The lowest BCUT2D eigenvalue weighted by Gasteiger charge is -2.06. The summed E-state index contributed by atoms with van der Waals surface area (Å²) < 4.78 is 1.81. The van der Waals surface area contributed by atoms with Crippen LogP contribution in [0.15, 0.2) is 42.9 Å². The molecule has 0 saturated heterocycles. The quantitative estimate of drug-likeness (QED) is 0.776. The molecule has 0 aliphatic rings. The second-order valence-corrected chi connectivity index (χ2v) is 4.30. The standard InChI is InChI=1S/C14H15N5/c1-2-7-16-13-9-15-10-14(18-13)19-12-6-4-3-5-11(12)8-17-19/h3-6,8-10H,2,7H2,1H3,(H,16,18). The van der Waals surface area contributed by atoms with Gasteiger partial charge in [-0.2, -0.15) is 5.10 Å². The molecule has 0 unspecified atom stereocenters. The molecule has 2 heterocycles. The third-order valence-corrected chi connectivity index (χ3v) is 2.87. The van der Waals surface area contributed by atoms with Crippen LogP contribution in [-0.2, 0) is 0 Å². The van der Waals surface area contributed by atoms with Gasteiger partial charge in [-0.25, -0.2) is 9.67 Å². The first kappa shape index (κ1) is 11.6. The van der Waals surface area contributed by atoms with Gasteiger partial charge in [0, 0.05) is 11.9 Å². The fourth-order valence-corrected chi connectivity index (χ4v) is 1.95. The normalized spacial score (nSPS) is 10.8. The summed E-state index contributed by atoms with van der Waals surface area (Å²) in [6.45, 7) is 3.00. The van der Waals surface area contributed by atoms with Crippen LogP contribution in [-0.4, -0.2) is 26.3 Å². The second-order valence-electron chi connectivity index (χ2n) is 4.30. The maximum Gasteiger partial charge on any atom is 0.174 e. The van der Waals surface area contributed by atoms with Crippen molar-refractivity contribution in [3.05, 3.63) is 42.9 Å². The lowest BCUT2D eigenvalue weighted by molar-refractivity contribution is 0.860. The minimum Gasteiger partial charge on any atom is -0.369 e. The highest BCUT2D eigenvalue weighted by molar-refractivity contribution is 5.79. The molecule has 5 heteroatoms. The van der Waals surface area contributed by atoms with Gasteiger partial charge in [0.05, 0.1) is 24.1 Å². The predicted octanol–water partition coefficient (Wildman–Crippen LogP) is 2.64. The summed E-state index contributed by atoms with van der Waals surface area (Å²) in [5, 5.41) is 8.70. The number of benzene rings is 1. The topological polar surface area (TPSA) is 55.6 Å². The van der Waals surface area contributed by atoms with E-state index in [9.17, 15) is 0 Å². The van der Waals surface area contributed by atoms with Gasteiger partial charge in [0.2, 0.25) is 0 Å². The van der Waals surface area contributed by atoms with Gasteiger partial charge in [-0.1, -0.05) is 25.1 Å². The molecule has 0 fully saturated rings. The average Bonchev–Trinajstić information content (AvgIpc) is 2.89. The Morgan fingerprint density at radius 3 is 2.95 bits per heavy atom. The van der Waals surface area contributed by atoms with Crippen molar-refractivity contribution >= 4 is 16.7 Å². The molecule has 3 rings (SSSR count). The van der Waals surface area contributed by atoms with E-state index in [4.69, 9.17) is 0 Å². The van der Waals surface area contributed by atoms with Crippen LogP contribution in [0.2, 0.25) is 0 Å². The number of aromatic nitrogens is 4. The lowest BCUT2D eigenvalue weighted by atomic mass is 10.3. The van der Waals surface area contributed by atoms with Crippen molar-refractivity contribution in [3.63, 3.8) is 0 Å². The van der Waals surface area contributed by atoms with Crippen LogP contribution in [0.1, 0.15) is 13.3 Å². The highest BCUT2D eigenvalue weighted by atomic mass is 15.3. The lowest BCUT2D eigenvalue weighted by Crippen LogP contribution is -2.06. The van der Waals surface area contributed by atoms with E-state index in [1.165, 1.54) is 0 Å². The van der Waals surface area contributed by atoms with Crippen molar-refractivity contribution in [2.24, 2.45) is 0 Å². The third-order valence-electron chi connectivity index (χ3n) is 2.87. The zero-order valence-corrected chi connectivity index (χ0v) is 10.7. The van der Waals surface area contributed by atoms with Crippen LogP contribution >= 0.6 is 0 Å². The zero-order chi connectivity index (χ0) is 13.1. The molecule has 0 aliphatic carbocycles. The van der Waals surface area contributed by atoms with Crippen molar-refractivity contribution in [2.45, 2.75) is 13.3 Å². The van der Waals surface area contributed by atoms with Crippen molar-refractivity contribution in [2.75, 3.05) is 11.9 Å². The molecule has 0 atom stereocenters. The van der Waals surface area contributed by atoms with Gasteiger partial charge in [-0.3, -0.25) is 4.98 Å². The summed E-state index contributed by atoms with van der Waals surface area (Å²) in [6, 6.07) is 8.05. The first-order chi connectivity index (χ1) is 9.38. The Bertz CT molecular complexity index is 689. The molecule has 96 valence electrons. The highest BCUT2D eigenvalue weighted by Gasteiger charge is 2.06. The van der Waals surface area contributed by atoms with Gasteiger partial charge < -0.3 is 5.32 Å². The molecule has 1 aromatic carbocycles. The van der Waals surface area contributed by atoms with E-state index in [0.717, 1.165) is 35.5 Å². The number of para-hydroxylation sites is 1. The number of rotatable bonds is 4. The molecular weight excluding hydrogens is 238 g/mol. The van der Waals surface area contributed by atoms with Crippen molar-refractivity contribution in [1.82, 2.24) is 19.7 Å². The van der Waals surface area contributed by atoms with E-state index in [1.807, 2.05) is 30.5 Å². The summed E-state index contributed by atoms with van der Waals surface area (Å²) in [7, 11) is 0. The first-order valence-electron chi connectivity index (χ1n) is 6.37. The summed E-state index contributed by atoms with van der Waals surface area (Å²) in [4.78, 5) is 8.74. The van der Waals surface area contributed by atoms with Crippen LogP contribution in [0.5, 0.6) is 0 Å². The van der Waals surface area contributed by atoms with E-state index >= 15 is 0 Å². The molecular formula is C14H15N5. The van der Waals surface area contributed by atoms with Crippen molar-refractivity contribution in [3.8, 4) is 5.82 Å². The van der Waals surface area contributed by atoms with Crippen LogP contribution in [0.25, 0.3) is 16.7 Å². The Balaban J connectivity index is 2.01. The Labute approximate surface area is 111 Å². The van der Waals surface area contributed by atoms with Crippen molar-refractivity contribution < 1.29 is 0 Å². The van der Waals surface area contributed by atoms with Gasteiger partial charge in [0.1, 0.15) is 5.82 Å². The predicted molar refractivity (Wildman–Crippen MR) is 75.4 cm³/mol. The number of hydrogen-bond acceptors (Lipinski definition) is 4. The average molecular weight is 253 g/mol. The number of nitrogens with one attached hydrogen (secondary N) is 1. The van der Waals surface area contributed by atoms with Crippen LogP contribution in [0.3, 0.4) is 0 Å². The van der Waals surface area contributed by atoms with Gasteiger partial charge in [0.15, 0.2) is 5.82 Å². The molecule has 1 N–H and O–H groups in total. The summed E-state index contributed by atoms with van der Waals surface area (Å²) in [6.07, 6.45) is 6.33. The molecule has 0 aliphatic heterocycles. The SMILES string of the molecule is CCCNc1cncc(-n2ncc3ccccc32)n1. The fourth-order valence-electron chi connectivity index (χ4n) is 1.95. The Hall–Kier alpha value is -2.43. The molecule has 0 bridgehead atoms. The van der Waals surface area contributed by atoms with Gasteiger partial charge in [0.25, 0.3) is 0 Å². The summed E-state index contributed by atoms with van der Waals surface area (Å²) >= 11 is 0. The first-order valence-corrected chi connectivity index (χ1v) is 6.37. The fraction of sp³-hybridized carbons (Fsp3) is 0.214. The molecule has 0 saturated carbocycles. The number of fused-ring (bicyclic) bond motifs is 1. The second kappa shape index (κ2) is 5.06. The minimum atomic E-state index is 0.724. The molecule has 2 aromatic heterocycles. The minimum absolute atomic E-state index is 0.724. The van der Waals surface area contributed by atoms with E-state index < -0.39 is 0 Å². The number of hydrogen-bond donors (Lipinski definition) is 1. The maximum atomic E-state index is 4.53. The molecule has 0 amide bonds. The smallest absolute Gasteiger partial charge is 0.174 e. The van der Waals surface area contributed by atoms with E-state index in [0.29, 0.717) is 0 Å². The Kier molecular flexibility index (Phi) is 3.10. The van der Waals surface area contributed by atoms with E-state index in [2.05, 4.69) is 27.3 Å². The van der Waals surface area contributed by atoms with E-state index in [-0.39, 0.29) is 0 Å². The van der Waals surface area contributed by atoms with E-state index in [1.54, 1.807) is 17.1 Å². The summed E-state index contributed by atoms with van der Waals surface area (Å²) in [5.74, 6) is 1.50. The number of anilines is 1. The Morgan fingerprint density at radius 1 is 1.16 bits per heavy atom. The van der Waals surface area contributed by atoms with Crippen LogP contribution < -0.4 is 5.32 Å². The Morgan fingerprint density at radius 2 is 2.05 bits per heavy atom. The zero-order valence-electron chi connectivity index (χ0n) is 10.7. The number of nitrogens with zero attached hydrogens (tertiary/aromatic N) is 4.